The number of nitrogens with zero attached hydrogens (tertiary/aromatic N) is 1. The summed E-state index contributed by atoms with van der Waals surface area (Å²) in [6, 6.07) is 16.2. The molecule has 140 valence electrons. The van der Waals surface area contributed by atoms with Gasteiger partial charge in [0.1, 0.15) is 11.4 Å². The van der Waals surface area contributed by atoms with Gasteiger partial charge in [0.25, 0.3) is 0 Å². The number of ether oxygens (including phenoxy) is 1. The van der Waals surface area contributed by atoms with Crippen LogP contribution in [0.25, 0.3) is 31.5 Å². The molecule has 0 radical (unpaired) electrons. The lowest BCUT2D eigenvalue weighted by atomic mass is 10.1. The van der Waals surface area contributed by atoms with Gasteiger partial charge in [0.05, 0.1) is 16.4 Å². The molecule has 0 spiro atoms. The molecule has 2 aromatic carbocycles. The zero-order chi connectivity index (χ0) is 19.3. The van der Waals surface area contributed by atoms with Gasteiger partial charge in [-0.05, 0) is 35.9 Å². The number of benzene rings is 2. The van der Waals surface area contributed by atoms with Gasteiger partial charge in [-0.15, -0.1) is 11.3 Å². The van der Waals surface area contributed by atoms with Gasteiger partial charge in [0, 0.05) is 31.9 Å². The van der Waals surface area contributed by atoms with Crippen LogP contribution in [0.15, 0.2) is 53.0 Å². The average molecular weight is 490 g/mol. The second kappa shape index (κ2) is 7.19. The van der Waals surface area contributed by atoms with Crippen molar-refractivity contribution in [1.29, 1.82) is 0 Å². The molecule has 0 saturated heterocycles. The van der Waals surface area contributed by atoms with E-state index in [0.29, 0.717) is 16.8 Å². The maximum Gasteiger partial charge on any atom is 0.181 e. The Labute approximate surface area is 183 Å². The first-order valence-corrected chi connectivity index (χ1v) is 11.5. The summed E-state index contributed by atoms with van der Waals surface area (Å²) in [7, 11) is 0. The van der Waals surface area contributed by atoms with E-state index in [2.05, 4.69) is 33.0 Å². The molecule has 3 nitrogen and oxygen atoms in total. The Morgan fingerprint density at radius 2 is 1.89 bits per heavy atom. The fraction of sp³-hybridized carbons (Fsp3) is 0.0952. The van der Waals surface area contributed by atoms with E-state index in [1.54, 1.807) is 11.3 Å². The van der Waals surface area contributed by atoms with Crippen LogP contribution in [0.2, 0.25) is 5.02 Å². The Bertz CT molecular complexity index is 1200. The largest absolute Gasteiger partial charge is 0.493 e. The molecule has 0 saturated carbocycles. The lowest BCUT2D eigenvalue weighted by Gasteiger charge is -2.07. The summed E-state index contributed by atoms with van der Waals surface area (Å²) >= 11 is 13.2. The van der Waals surface area contributed by atoms with Crippen LogP contribution in [0.1, 0.15) is 5.56 Å². The van der Waals surface area contributed by atoms with Crippen molar-refractivity contribution in [3.63, 3.8) is 0 Å². The molecule has 0 fully saturated rings. The molecule has 4 aromatic rings. The minimum absolute atomic E-state index is 0.543. The lowest BCUT2D eigenvalue weighted by molar-refractivity contribution is 0.326. The highest BCUT2D eigenvalue weighted by atomic mass is 79.9. The van der Waals surface area contributed by atoms with Gasteiger partial charge in [-0.1, -0.05) is 57.1 Å². The third-order valence-electron chi connectivity index (χ3n) is 4.62. The number of hydrogen-bond acceptors (Lipinski definition) is 5. The van der Waals surface area contributed by atoms with E-state index in [9.17, 15) is 0 Å². The number of aromatic nitrogens is 1. The third kappa shape index (κ3) is 3.14. The molecule has 5 rings (SSSR count). The summed E-state index contributed by atoms with van der Waals surface area (Å²) in [5.41, 5.74) is 10.3. The van der Waals surface area contributed by atoms with Crippen LogP contribution in [-0.2, 0) is 6.42 Å². The number of nitrogen functional groups attached to an aromatic ring is 1. The van der Waals surface area contributed by atoms with Crippen molar-refractivity contribution in [3.8, 4) is 37.2 Å². The number of nitrogens with two attached hydrogens (primary N) is 1. The van der Waals surface area contributed by atoms with Crippen LogP contribution in [0.5, 0.6) is 5.75 Å². The third-order valence-corrected chi connectivity index (χ3v) is 7.58. The van der Waals surface area contributed by atoms with Crippen molar-refractivity contribution in [2.75, 3.05) is 12.3 Å². The quantitative estimate of drug-likeness (QED) is 0.325. The van der Waals surface area contributed by atoms with Gasteiger partial charge in [-0.25, -0.2) is 4.98 Å². The van der Waals surface area contributed by atoms with E-state index < -0.39 is 0 Å². The minimum Gasteiger partial charge on any atom is -0.493 e. The topological polar surface area (TPSA) is 48.1 Å². The predicted octanol–water partition coefficient (Wildman–Crippen LogP) is 7.14. The molecule has 1 aliphatic rings. The van der Waals surface area contributed by atoms with E-state index in [-0.39, 0.29) is 0 Å². The normalized spacial score (nSPS) is 12.8. The SMILES string of the molecule is Nc1nc(-c2cc3c(s2)-c2ccc(Br)cc2OCC3)c(-c2ccccc2Cl)s1. The van der Waals surface area contributed by atoms with Gasteiger partial charge in [-0.3, -0.25) is 0 Å². The number of hydrogen-bond donors (Lipinski definition) is 1. The molecule has 2 aromatic heterocycles. The minimum atomic E-state index is 0.543. The number of halogens is 2. The van der Waals surface area contributed by atoms with E-state index in [1.807, 2.05) is 36.4 Å². The first-order chi connectivity index (χ1) is 13.6. The maximum absolute atomic E-state index is 6.45. The molecule has 0 bridgehead atoms. The Morgan fingerprint density at radius 3 is 2.75 bits per heavy atom. The van der Waals surface area contributed by atoms with Crippen LogP contribution in [-0.4, -0.2) is 11.6 Å². The van der Waals surface area contributed by atoms with Crippen LogP contribution < -0.4 is 10.5 Å². The summed E-state index contributed by atoms with van der Waals surface area (Å²) in [5.74, 6) is 0.908. The number of rotatable bonds is 2. The number of fused-ring (bicyclic) bond motifs is 3. The van der Waals surface area contributed by atoms with Crippen molar-refractivity contribution in [1.82, 2.24) is 4.98 Å². The van der Waals surface area contributed by atoms with Gasteiger partial charge < -0.3 is 10.5 Å². The van der Waals surface area contributed by atoms with Crippen molar-refractivity contribution < 1.29 is 4.74 Å². The standard InChI is InChI=1S/C21H14BrClN2OS2/c22-12-5-6-14-16(10-12)26-8-7-11-9-17(27-19(11)14)18-20(28-21(24)25-18)13-3-1-2-4-15(13)23/h1-6,9-10H,7-8H2,(H2,24,25). The average Bonchev–Trinajstić information content (AvgIpc) is 3.22. The van der Waals surface area contributed by atoms with E-state index >= 15 is 0 Å². The van der Waals surface area contributed by atoms with E-state index in [4.69, 9.17) is 22.1 Å². The molecule has 0 unspecified atom stereocenters. The zero-order valence-electron chi connectivity index (χ0n) is 14.5. The van der Waals surface area contributed by atoms with Crippen LogP contribution in [0, 0.1) is 0 Å². The van der Waals surface area contributed by atoms with Crippen LogP contribution >= 0.6 is 50.2 Å². The van der Waals surface area contributed by atoms with Gasteiger partial charge in [0.2, 0.25) is 0 Å². The Morgan fingerprint density at radius 1 is 1.04 bits per heavy atom. The molecular formula is C21H14BrClN2OS2. The number of thiophene rings is 1. The van der Waals surface area contributed by atoms with Crippen molar-refractivity contribution in [3.05, 3.63) is 63.6 Å². The maximum atomic E-state index is 6.45. The monoisotopic (exact) mass is 488 g/mol. The summed E-state index contributed by atoms with van der Waals surface area (Å²) in [4.78, 5) is 7.98. The highest BCUT2D eigenvalue weighted by Gasteiger charge is 2.23. The predicted molar refractivity (Wildman–Crippen MR) is 123 cm³/mol. The Balaban J connectivity index is 1.68. The molecule has 3 heterocycles. The molecule has 2 N–H and O–H groups in total. The first-order valence-electron chi connectivity index (χ1n) is 8.67. The van der Waals surface area contributed by atoms with E-state index in [0.717, 1.165) is 43.2 Å². The molecular weight excluding hydrogens is 476 g/mol. The van der Waals surface area contributed by atoms with Gasteiger partial charge >= 0.3 is 0 Å². The Hall–Kier alpha value is -1.86. The lowest BCUT2D eigenvalue weighted by Crippen LogP contribution is -1.98. The summed E-state index contributed by atoms with van der Waals surface area (Å²) in [6.07, 6.45) is 0.860. The smallest absolute Gasteiger partial charge is 0.181 e. The molecule has 0 atom stereocenters. The molecule has 7 heteroatoms. The Kier molecular flexibility index (Phi) is 4.67. The fourth-order valence-electron chi connectivity index (χ4n) is 3.36. The van der Waals surface area contributed by atoms with Gasteiger partial charge in [-0.2, -0.15) is 0 Å². The fourth-order valence-corrected chi connectivity index (χ4v) is 6.18. The first kappa shape index (κ1) is 18.2. The molecule has 1 aliphatic heterocycles. The summed E-state index contributed by atoms with van der Waals surface area (Å²) in [5, 5.41) is 1.25. The molecule has 0 aliphatic carbocycles. The van der Waals surface area contributed by atoms with Crippen molar-refractivity contribution in [2.45, 2.75) is 6.42 Å². The zero-order valence-corrected chi connectivity index (χ0v) is 18.5. The van der Waals surface area contributed by atoms with Crippen LogP contribution in [0.3, 0.4) is 0 Å². The highest BCUT2D eigenvalue weighted by molar-refractivity contribution is 9.10. The second-order valence-electron chi connectivity index (χ2n) is 6.41. The van der Waals surface area contributed by atoms with Crippen molar-refractivity contribution >= 4 is 55.3 Å². The van der Waals surface area contributed by atoms with Crippen molar-refractivity contribution in [2.24, 2.45) is 0 Å². The highest BCUT2D eigenvalue weighted by Crippen LogP contribution is 2.48. The number of anilines is 1. The van der Waals surface area contributed by atoms with Gasteiger partial charge in [0.15, 0.2) is 5.13 Å². The summed E-state index contributed by atoms with van der Waals surface area (Å²) < 4.78 is 6.97. The van der Waals surface area contributed by atoms with Crippen LogP contribution in [0.4, 0.5) is 5.13 Å². The van der Waals surface area contributed by atoms with E-state index in [1.165, 1.54) is 21.8 Å². The summed E-state index contributed by atoms with van der Waals surface area (Å²) in [6.45, 7) is 0.656. The molecule has 0 amide bonds. The molecule has 28 heavy (non-hydrogen) atoms. The number of thiazole rings is 1. The second-order valence-corrected chi connectivity index (χ2v) is 9.82.